The molecule has 0 aliphatic heterocycles. The van der Waals surface area contributed by atoms with Crippen LogP contribution in [0.25, 0.3) is 0 Å². The van der Waals surface area contributed by atoms with Crippen molar-refractivity contribution in [3.63, 3.8) is 0 Å². The van der Waals surface area contributed by atoms with E-state index >= 15 is 0 Å². The molecule has 1 rings (SSSR count). The Morgan fingerprint density at radius 2 is 2.05 bits per heavy atom. The number of nitrogens with one attached hydrogen (secondary N) is 1. The van der Waals surface area contributed by atoms with Crippen molar-refractivity contribution in [3.05, 3.63) is 35.1 Å². The van der Waals surface area contributed by atoms with Gasteiger partial charge in [-0.2, -0.15) is 0 Å². The zero-order valence-electron chi connectivity index (χ0n) is 12.9. The van der Waals surface area contributed by atoms with E-state index < -0.39 is 5.82 Å². The summed E-state index contributed by atoms with van der Waals surface area (Å²) in [6.45, 7) is 6.42. The molecule has 0 aromatic heterocycles. The number of hydrogen-bond donors (Lipinski definition) is 2. The summed E-state index contributed by atoms with van der Waals surface area (Å²) in [5.74, 6) is 5.02. The van der Waals surface area contributed by atoms with Gasteiger partial charge in [0.15, 0.2) is 0 Å². The van der Waals surface area contributed by atoms with Crippen LogP contribution in [0.15, 0.2) is 18.2 Å². The van der Waals surface area contributed by atoms with Crippen molar-refractivity contribution in [1.82, 2.24) is 5.32 Å². The Hall–Kier alpha value is -1.86. The van der Waals surface area contributed by atoms with Gasteiger partial charge in [0.05, 0.1) is 12.1 Å². The van der Waals surface area contributed by atoms with Gasteiger partial charge >= 0.3 is 0 Å². The van der Waals surface area contributed by atoms with E-state index in [1.54, 1.807) is 6.07 Å². The topological polar surface area (TPSA) is 55.1 Å². The van der Waals surface area contributed by atoms with E-state index in [4.69, 9.17) is 5.73 Å². The van der Waals surface area contributed by atoms with Gasteiger partial charge in [-0.3, -0.25) is 4.79 Å². The van der Waals surface area contributed by atoms with Gasteiger partial charge in [-0.15, -0.1) is 0 Å². The average Bonchev–Trinajstić information content (AvgIpc) is 2.42. The summed E-state index contributed by atoms with van der Waals surface area (Å²) >= 11 is 0. The Morgan fingerprint density at radius 3 is 2.62 bits per heavy atom. The van der Waals surface area contributed by atoms with E-state index in [9.17, 15) is 9.18 Å². The van der Waals surface area contributed by atoms with Crippen molar-refractivity contribution in [2.45, 2.75) is 39.7 Å². The summed E-state index contributed by atoms with van der Waals surface area (Å²) in [7, 11) is 0. The normalized spacial score (nSPS) is 11.7. The molecule has 0 fully saturated rings. The van der Waals surface area contributed by atoms with E-state index in [-0.39, 0.29) is 24.1 Å². The molecule has 0 bridgehead atoms. The third-order valence-corrected chi connectivity index (χ3v) is 3.10. The SMILES string of the molecule is CC(C)CCC(C)NC(=O)c1ccc(C#CCN)cc1F. The molecule has 0 aliphatic rings. The minimum absolute atomic E-state index is 0.0241. The molecule has 3 nitrogen and oxygen atoms in total. The largest absolute Gasteiger partial charge is 0.349 e. The lowest BCUT2D eigenvalue weighted by Gasteiger charge is -2.15. The highest BCUT2D eigenvalue weighted by Crippen LogP contribution is 2.11. The highest BCUT2D eigenvalue weighted by atomic mass is 19.1. The van der Waals surface area contributed by atoms with Crippen molar-refractivity contribution in [2.75, 3.05) is 6.54 Å². The highest BCUT2D eigenvalue weighted by Gasteiger charge is 2.14. The number of carbonyl (C=O) groups is 1. The fourth-order valence-electron chi connectivity index (χ4n) is 1.89. The molecule has 1 aromatic carbocycles. The number of nitrogens with two attached hydrogens (primary N) is 1. The predicted molar refractivity (Wildman–Crippen MR) is 83.3 cm³/mol. The molecule has 0 saturated carbocycles. The molecule has 114 valence electrons. The number of amides is 1. The minimum Gasteiger partial charge on any atom is -0.349 e. The van der Waals surface area contributed by atoms with Crippen molar-refractivity contribution in [3.8, 4) is 11.8 Å². The second-order valence-electron chi connectivity index (χ2n) is 5.55. The molecular weight excluding hydrogens is 267 g/mol. The molecule has 0 radical (unpaired) electrons. The van der Waals surface area contributed by atoms with Crippen molar-refractivity contribution >= 4 is 5.91 Å². The quantitative estimate of drug-likeness (QED) is 0.819. The molecule has 1 atom stereocenters. The van der Waals surface area contributed by atoms with Crippen molar-refractivity contribution in [1.29, 1.82) is 0 Å². The first kappa shape index (κ1) is 17.2. The summed E-state index contributed by atoms with van der Waals surface area (Å²) in [4.78, 5) is 12.0. The van der Waals surface area contributed by atoms with Crippen molar-refractivity contribution < 1.29 is 9.18 Å². The van der Waals surface area contributed by atoms with E-state index in [0.29, 0.717) is 11.5 Å². The number of carbonyl (C=O) groups excluding carboxylic acids is 1. The summed E-state index contributed by atoms with van der Waals surface area (Å²) in [6.07, 6.45) is 1.91. The number of benzene rings is 1. The molecule has 1 aromatic rings. The van der Waals surface area contributed by atoms with Crippen LogP contribution in [0, 0.1) is 23.6 Å². The highest BCUT2D eigenvalue weighted by molar-refractivity contribution is 5.94. The molecular formula is C17H23FN2O. The third kappa shape index (κ3) is 5.97. The molecule has 1 unspecified atom stereocenters. The molecule has 0 heterocycles. The standard InChI is InChI=1S/C17H23FN2O/c1-12(2)6-7-13(3)20-17(21)15-9-8-14(5-4-10-19)11-16(15)18/h8-9,11-13H,6-7,10,19H2,1-3H3,(H,20,21). The summed E-state index contributed by atoms with van der Waals surface area (Å²) in [5.41, 5.74) is 5.83. The summed E-state index contributed by atoms with van der Waals surface area (Å²) in [5, 5.41) is 2.82. The van der Waals surface area contributed by atoms with E-state index in [0.717, 1.165) is 12.8 Å². The zero-order valence-corrected chi connectivity index (χ0v) is 12.9. The monoisotopic (exact) mass is 290 g/mol. The van der Waals surface area contributed by atoms with E-state index in [1.807, 2.05) is 6.92 Å². The van der Waals surface area contributed by atoms with Crippen LogP contribution in [-0.2, 0) is 0 Å². The van der Waals surface area contributed by atoms with E-state index in [2.05, 4.69) is 31.0 Å². The predicted octanol–water partition coefficient (Wildman–Crippen LogP) is 2.69. The fraction of sp³-hybridized carbons (Fsp3) is 0.471. The smallest absolute Gasteiger partial charge is 0.254 e. The van der Waals surface area contributed by atoms with E-state index in [1.165, 1.54) is 12.1 Å². The maximum atomic E-state index is 13.9. The molecule has 0 spiro atoms. The van der Waals surface area contributed by atoms with Gasteiger partial charge < -0.3 is 11.1 Å². The molecule has 4 heteroatoms. The second kappa shape index (κ2) is 8.43. The maximum absolute atomic E-state index is 13.9. The molecule has 3 N–H and O–H groups in total. The molecule has 1 amide bonds. The third-order valence-electron chi connectivity index (χ3n) is 3.10. The summed E-state index contributed by atoms with van der Waals surface area (Å²) in [6, 6.07) is 4.37. The number of halogens is 1. The van der Waals surface area contributed by atoms with Crippen LogP contribution in [0.4, 0.5) is 4.39 Å². The van der Waals surface area contributed by atoms with Gasteiger partial charge in [0.1, 0.15) is 5.82 Å². The van der Waals surface area contributed by atoms with Crippen LogP contribution in [-0.4, -0.2) is 18.5 Å². The van der Waals surface area contributed by atoms with Gasteiger partial charge in [0.2, 0.25) is 0 Å². The van der Waals surface area contributed by atoms with Crippen LogP contribution in [0.5, 0.6) is 0 Å². The van der Waals surface area contributed by atoms with Crippen LogP contribution < -0.4 is 11.1 Å². The Labute approximate surface area is 126 Å². The fourth-order valence-corrected chi connectivity index (χ4v) is 1.89. The van der Waals surface area contributed by atoms with Crippen LogP contribution >= 0.6 is 0 Å². The first-order valence-corrected chi connectivity index (χ1v) is 7.23. The lowest BCUT2D eigenvalue weighted by Crippen LogP contribution is -2.33. The number of rotatable bonds is 5. The first-order valence-electron chi connectivity index (χ1n) is 7.23. The molecule has 0 saturated heterocycles. The Morgan fingerprint density at radius 1 is 1.33 bits per heavy atom. The van der Waals surface area contributed by atoms with Crippen molar-refractivity contribution in [2.24, 2.45) is 11.7 Å². The number of hydrogen-bond acceptors (Lipinski definition) is 2. The van der Waals surface area contributed by atoms with Gasteiger partial charge in [-0.1, -0.05) is 25.7 Å². The zero-order chi connectivity index (χ0) is 15.8. The lowest BCUT2D eigenvalue weighted by atomic mass is 10.0. The Kier molecular flexibility index (Phi) is 6.90. The second-order valence-corrected chi connectivity index (χ2v) is 5.55. The average molecular weight is 290 g/mol. The molecule has 0 aliphatic carbocycles. The van der Waals surface area contributed by atoms with Gasteiger partial charge in [-0.05, 0) is 43.9 Å². The summed E-state index contributed by atoms with van der Waals surface area (Å²) < 4.78 is 13.9. The Bertz CT molecular complexity index is 543. The van der Waals surface area contributed by atoms with Gasteiger partial charge in [-0.25, -0.2) is 4.39 Å². The van der Waals surface area contributed by atoms with Gasteiger partial charge in [0.25, 0.3) is 5.91 Å². The maximum Gasteiger partial charge on any atom is 0.254 e. The minimum atomic E-state index is -0.563. The Balaban J connectivity index is 2.70. The van der Waals surface area contributed by atoms with Crippen LogP contribution in [0.3, 0.4) is 0 Å². The lowest BCUT2D eigenvalue weighted by molar-refractivity contribution is 0.0933. The first-order chi connectivity index (χ1) is 9.93. The molecule has 21 heavy (non-hydrogen) atoms. The van der Waals surface area contributed by atoms with Crippen LogP contribution in [0.1, 0.15) is 49.5 Å². The van der Waals surface area contributed by atoms with Gasteiger partial charge in [0, 0.05) is 11.6 Å². The van der Waals surface area contributed by atoms with Crippen LogP contribution in [0.2, 0.25) is 0 Å².